The van der Waals surface area contributed by atoms with Gasteiger partial charge in [0.25, 0.3) is 0 Å². The quantitative estimate of drug-likeness (QED) is 0.765. The Hall–Kier alpha value is -1.39. The number of aromatic nitrogens is 2. The van der Waals surface area contributed by atoms with Crippen LogP contribution in [0.15, 0.2) is 6.20 Å². The van der Waals surface area contributed by atoms with Gasteiger partial charge in [0.1, 0.15) is 0 Å². The molecule has 0 spiro atoms. The Morgan fingerprint density at radius 1 is 1.57 bits per heavy atom. The van der Waals surface area contributed by atoms with E-state index in [0.717, 1.165) is 6.54 Å². The van der Waals surface area contributed by atoms with Crippen LogP contribution in [0.5, 0.6) is 0 Å². The van der Waals surface area contributed by atoms with Gasteiger partial charge in [-0.15, -0.1) is 0 Å². The van der Waals surface area contributed by atoms with Crippen molar-refractivity contribution in [1.29, 1.82) is 0 Å². The Labute approximate surface area is 82.0 Å². The maximum Gasteiger partial charge on any atom is 0.224 e. The van der Waals surface area contributed by atoms with Crippen molar-refractivity contribution in [1.82, 2.24) is 9.97 Å². The van der Waals surface area contributed by atoms with Crippen LogP contribution in [0.25, 0.3) is 0 Å². The summed E-state index contributed by atoms with van der Waals surface area (Å²) in [6.07, 6.45) is 3.64. The lowest BCUT2D eigenvalue weighted by Gasteiger charge is -2.06. The van der Waals surface area contributed by atoms with Crippen LogP contribution < -0.4 is 10.6 Å². The molecule has 4 nitrogen and oxygen atoms in total. The number of hydrogen-bond donors (Lipinski definition) is 2. The Kier molecular flexibility index (Phi) is 2.47. The molecular weight excluding hydrogens is 183 g/mol. The maximum absolute atomic E-state index is 13.2. The molecule has 0 aliphatic heterocycles. The normalized spacial score (nSPS) is 15.3. The molecule has 0 radical (unpaired) electrons. The zero-order valence-electron chi connectivity index (χ0n) is 8.05. The molecule has 0 amide bonds. The molecule has 1 aliphatic carbocycles. The Bertz CT molecular complexity index is 325. The van der Waals surface area contributed by atoms with Crippen LogP contribution in [0.3, 0.4) is 0 Å². The predicted octanol–water partition coefficient (Wildman–Crippen LogP) is 1.48. The first-order chi connectivity index (χ1) is 6.79. The molecule has 0 bridgehead atoms. The minimum atomic E-state index is -0.398. The minimum Gasteiger partial charge on any atom is -0.367 e. The van der Waals surface area contributed by atoms with E-state index in [1.165, 1.54) is 19.0 Å². The lowest BCUT2D eigenvalue weighted by atomic mass is 10.4. The Morgan fingerprint density at radius 3 is 3.00 bits per heavy atom. The van der Waals surface area contributed by atoms with Crippen molar-refractivity contribution >= 4 is 11.8 Å². The van der Waals surface area contributed by atoms with Crippen molar-refractivity contribution in [3.63, 3.8) is 0 Å². The van der Waals surface area contributed by atoms with E-state index >= 15 is 0 Å². The summed E-state index contributed by atoms with van der Waals surface area (Å²) in [5, 5.41) is 5.75. The first kappa shape index (κ1) is 9.18. The highest BCUT2D eigenvalue weighted by atomic mass is 19.1. The summed E-state index contributed by atoms with van der Waals surface area (Å²) < 4.78 is 13.2. The molecule has 1 saturated carbocycles. The molecule has 76 valence electrons. The van der Waals surface area contributed by atoms with Crippen molar-refractivity contribution in [2.45, 2.75) is 12.8 Å². The molecule has 1 aromatic heterocycles. The molecule has 1 aliphatic rings. The number of anilines is 2. The average molecular weight is 196 g/mol. The van der Waals surface area contributed by atoms with Gasteiger partial charge in [-0.25, -0.2) is 9.37 Å². The third-order valence-electron chi connectivity index (χ3n) is 2.22. The standard InChI is InChI=1S/C9H13FN4/c1-11-9-13-5-7(10)8(14-9)12-4-6-2-3-6/h5-6H,2-4H2,1H3,(H2,11,12,13,14). The predicted molar refractivity (Wildman–Crippen MR) is 52.8 cm³/mol. The average Bonchev–Trinajstić information content (AvgIpc) is 3.00. The second-order valence-corrected chi connectivity index (χ2v) is 3.46. The molecule has 1 heterocycles. The number of hydrogen-bond acceptors (Lipinski definition) is 4. The first-order valence-corrected chi connectivity index (χ1v) is 4.73. The monoisotopic (exact) mass is 196 g/mol. The first-order valence-electron chi connectivity index (χ1n) is 4.73. The van der Waals surface area contributed by atoms with Crippen molar-refractivity contribution in [3.8, 4) is 0 Å². The fourth-order valence-corrected chi connectivity index (χ4v) is 1.17. The number of halogens is 1. The highest BCUT2D eigenvalue weighted by Crippen LogP contribution is 2.29. The lowest BCUT2D eigenvalue weighted by Crippen LogP contribution is -2.09. The summed E-state index contributed by atoms with van der Waals surface area (Å²) in [4.78, 5) is 7.75. The summed E-state index contributed by atoms with van der Waals surface area (Å²) in [5.41, 5.74) is 0. The SMILES string of the molecule is CNc1ncc(F)c(NCC2CC2)n1. The molecule has 1 aromatic rings. The van der Waals surface area contributed by atoms with E-state index in [4.69, 9.17) is 0 Å². The minimum absolute atomic E-state index is 0.288. The van der Waals surface area contributed by atoms with Crippen LogP contribution in [0.2, 0.25) is 0 Å². The number of nitrogens with one attached hydrogen (secondary N) is 2. The molecule has 0 aromatic carbocycles. The Balaban J connectivity index is 2.04. The molecule has 0 saturated heterocycles. The molecular formula is C9H13FN4. The van der Waals surface area contributed by atoms with E-state index in [0.29, 0.717) is 11.9 Å². The van der Waals surface area contributed by atoms with Gasteiger partial charge in [0, 0.05) is 13.6 Å². The van der Waals surface area contributed by atoms with Crippen LogP contribution in [-0.2, 0) is 0 Å². The second kappa shape index (κ2) is 3.77. The van der Waals surface area contributed by atoms with Gasteiger partial charge in [-0.05, 0) is 18.8 Å². The number of rotatable bonds is 4. The summed E-state index contributed by atoms with van der Waals surface area (Å²) in [6.45, 7) is 0.803. The third-order valence-corrected chi connectivity index (χ3v) is 2.22. The molecule has 14 heavy (non-hydrogen) atoms. The van der Waals surface area contributed by atoms with Crippen LogP contribution in [0.1, 0.15) is 12.8 Å². The van der Waals surface area contributed by atoms with Crippen LogP contribution in [0.4, 0.5) is 16.2 Å². The van der Waals surface area contributed by atoms with Crippen molar-refractivity contribution in [3.05, 3.63) is 12.0 Å². The zero-order chi connectivity index (χ0) is 9.97. The fraction of sp³-hybridized carbons (Fsp3) is 0.556. The maximum atomic E-state index is 13.2. The van der Waals surface area contributed by atoms with Gasteiger partial charge in [-0.3, -0.25) is 0 Å². The summed E-state index contributed by atoms with van der Waals surface area (Å²) >= 11 is 0. The van der Waals surface area contributed by atoms with Gasteiger partial charge >= 0.3 is 0 Å². The summed E-state index contributed by atoms with van der Waals surface area (Å²) in [6, 6.07) is 0. The lowest BCUT2D eigenvalue weighted by molar-refractivity contribution is 0.616. The van der Waals surface area contributed by atoms with E-state index in [1.54, 1.807) is 7.05 Å². The second-order valence-electron chi connectivity index (χ2n) is 3.46. The topological polar surface area (TPSA) is 49.8 Å². The molecule has 2 rings (SSSR count). The number of nitrogens with zero attached hydrogens (tertiary/aromatic N) is 2. The van der Waals surface area contributed by atoms with Crippen LogP contribution in [0, 0.1) is 11.7 Å². The largest absolute Gasteiger partial charge is 0.367 e. The zero-order valence-corrected chi connectivity index (χ0v) is 8.05. The van der Waals surface area contributed by atoms with Crippen LogP contribution >= 0.6 is 0 Å². The van der Waals surface area contributed by atoms with Crippen LogP contribution in [-0.4, -0.2) is 23.6 Å². The summed E-state index contributed by atoms with van der Waals surface area (Å²) in [7, 11) is 1.71. The highest BCUT2D eigenvalue weighted by molar-refractivity contribution is 5.40. The van der Waals surface area contributed by atoms with E-state index in [1.807, 2.05) is 0 Å². The third kappa shape index (κ3) is 2.10. The van der Waals surface area contributed by atoms with Crippen molar-refractivity contribution in [2.24, 2.45) is 5.92 Å². The van der Waals surface area contributed by atoms with Gasteiger partial charge in [0.15, 0.2) is 11.6 Å². The van der Waals surface area contributed by atoms with Crippen molar-refractivity contribution in [2.75, 3.05) is 24.2 Å². The van der Waals surface area contributed by atoms with E-state index in [9.17, 15) is 4.39 Å². The van der Waals surface area contributed by atoms with E-state index < -0.39 is 5.82 Å². The smallest absolute Gasteiger partial charge is 0.224 e. The molecule has 1 fully saturated rings. The molecule has 5 heteroatoms. The fourth-order valence-electron chi connectivity index (χ4n) is 1.17. The molecule has 0 atom stereocenters. The van der Waals surface area contributed by atoms with E-state index in [-0.39, 0.29) is 5.82 Å². The van der Waals surface area contributed by atoms with E-state index in [2.05, 4.69) is 20.6 Å². The van der Waals surface area contributed by atoms with Crippen molar-refractivity contribution < 1.29 is 4.39 Å². The molecule has 0 unspecified atom stereocenters. The van der Waals surface area contributed by atoms with Gasteiger partial charge in [-0.1, -0.05) is 0 Å². The summed E-state index contributed by atoms with van der Waals surface area (Å²) in [5.74, 6) is 1.02. The highest BCUT2D eigenvalue weighted by Gasteiger charge is 2.21. The molecule has 2 N–H and O–H groups in total. The Morgan fingerprint density at radius 2 is 2.36 bits per heavy atom. The van der Waals surface area contributed by atoms with Gasteiger partial charge in [0.2, 0.25) is 5.95 Å². The van der Waals surface area contributed by atoms with Gasteiger partial charge in [-0.2, -0.15) is 4.98 Å². The van der Waals surface area contributed by atoms with Gasteiger partial charge < -0.3 is 10.6 Å². The van der Waals surface area contributed by atoms with Gasteiger partial charge in [0.05, 0.1) is 6.20 Å².